The van der Waals surface area contributed by atoms with E-state index in [1.54, 1.807) is 32.9 Å². The Balaban J connectivity index is 3.00. The lowest BCUT2D eigenvalue weighted by Gasteiger charge is -2.24. The summed E-state index contributed by atoms with van der Waals surface area (Å²) in [4.78, 5) is 22.6. The molecule has 1 rings (SSSR count). The standard InChI is InChI=1S/C13H19N3O3/c1-5-14-13(3,4)12(17)15-10-7-6-9(2)8-11(10)16(18)19/h6-8,14H,5H2,1-4H3,(H,15,17). The van der Waals surface area contributed by atoms with Crippen LogP contribution >= 0.6 is 0 Å². The van der Waals surface area contributed by atoms with Crippen molar-refractivity contribution in [2.24, 2.45) is 0 Å². The van der Waals surface area contributed by atoms with Crippen molar-refractivity contribution in [2.45, 2.75) is 33.2 Å². The number of benzene rings is 1. The number of carbonyl (C=O) groups is 1. The first-order valence-corrected chi connectivity index (χ1v) is 6.09. The zero-order valence-corrected chi connectivity index (χ0v) is 11.6. The number of aryl methyl sites for hydroxylation is 1. The lowest BCUT2D eigenvalue weighted by molar-refractivity contribution is -0.384. The molecule has 1 amide bonds. The molecule has 19 heavy (non-hydrogen) atoms. The van der Waals surface area contributed by atoms with E-state index in [4.69, 9.17) is 0 Å². The van der Waals surface area contributed by atoms with Gasteiger partial charge in [0.2, 0.25) is 5.91 Å². The summed E-state index contributed by atoms with van der Waals surface area (Å²) in [6.45, 7) is 7.75. The van der Waals surface area contributed by atoms with Crippen molar-refractivity contribution in [1.82, 2.24) is 5.32 Å². The van der Waals surface area contributed by atoms with Gasteiger partial charge in [0.05, 0.1) is 10.5 Å². The quantitative estimate of drug-likeness (QED) is 0.631. The fourth-order valence-corrected chi connectivity index (χ4v) is 1.70. The third kappa shape index (κ3) is 3.75. The number of nitrogens with zero attached hydrogens (tertiary/aromatic N) is 1. The summed E-state index contributed by atoms with van der Waals surface area (Å²) in [7, 11) is 0. The molecule has 0 fully saturated rings. The molecular formula is C13H19N3O3. The minimum absolute atomic E-state index is 0.0966. The van der Waals surface area contributed by atoms with E-state index in [1.165, 1.54) is 6.07 Å². The minimum atomic E-state index is -0.784. The maximum Gasteiger partial charge on any atom is 0.293 e. The highest BCUT2D eigenvalue weighted by atomic mass is 16.6. The van der Waals surface area contributed by atoms with Crippen molar-refractivity contribution < 1.29 is 9.72 Å². The molecule has 0 atom stereocenters. The Morgan fingerprint density at radius 1 is 1.42 bits per heavy atom. The van der Waals surface area contributed by atoms with Crippen LogP contribution in [0.5, 0.6) is 0 Å². The van der Waals surface area contributed by atoms with Crippen LogP contribution in [0.4, 0.5) is 11.4 Å². The van der Waals surface area contributed by atoms with Crippen LogP contribution in [-0.4, -0.2) is 22.9 Å². The van der Waals surface area contributed by atoms with Crippen LogP contribution in [0.3, 0.4) is 0 Å². The molecule has 0 aliphatic heterocycles. The van der Waals surface area contributed by atoms with Gasteiger partial charge in [-0.05, 0) is 38.9 Å². The van der Waals surface area contributed by atoms with Crippen LogP contribution in [-0.2, 0) is 4.79 Å². The van der Waals surface area contributed by atoms with E-state index in [-0.39, 0.29) is 17.3 Å². The maximum absolute atomic E-state index is 12.1. The first-order chi connectivity index (χ1) is 8.77. The Hall–Kier alpha value is -1.95. The molecule has 2 N–H and O–H groups in total. The molecule has 6 heteroatoms. The van der Waals surface area contributed by atoms with Crippen molar-refractivity contribution in [3.05, 3.63) is 33.9 Å². The van der Waals surface area contributed by atoms with Crippen molar-refractivity contribution >= 4 is 17.3 Å². The molecular weight excluding hydrogens is 246 g/mol. The van der Waals surface area contributed by atoms with E-state index in [0.29, 0.717) is 6.54 Å². The monoisotopic (exact) mass is 265 g/mol. The molecule has 0 radical (unpaired) electrons. The highest BCUT2D eigenvalue weighted by molar-refractivity contribution is 5.99. The van der Waals surface area contributed by atoms with Gasteiger partial charge in [-0.25, -0.2) is 0 Å². The topological polar surface area (TPSA) is 84.3 Å². The Morgan fingerprint density at radius 2 is 2.05 bits per heavy atom. The number of nitro benzene ring substituents is 1. The van der Waals surface area contributed by atoms with Gasteiger partial charge in [0, 0.05) is 6.07 Å². The van der Waals surface area contributed by atoms with Crippen molar-refractivity contribution in [3.63, 3.8) is 0 Å². The van der Waals surface area contributed by atoms with Crippen LogP contribution in [0.25, 0.3) is 0 Å². The summed E-state index contributed by atoms with van der Waals surface area (Å²) in [6, 6.07) is 4.71. The van der Waals surface area contributed by atoms with Gasteiger partial charge < -0.3 is 10.6 Å². The lowest BCUT2D eigenvalue weighted by Crippen LogP contribution is -2.49. The number of amides is 1. The van der Waals surface area contributed by atoms with Gasteiger partial charge in [-0.2, -0.15) is 0 Å². The molecule has 0 heterocycles. The fraction of sp³-hybridized carbons (Fsp3) is 0.462. The lowest BCUT2D eigenvalue weighted by atomic mass is 10.0. The number of rotatable bonds is 5. The second-order valence-electron chi connectivity index (χ2n) is 4.89. The highest BCUT2D eigenvalue weighted by Crippen LogP contribution is 2.26. The van der Waals surface area contributed by atoms with E-state index in [9.17, 15) is 14.9 Å². The molecule has 0 spiro atoms. The summed E-state index contributed by atoms with van der Waals surface area (Å²) in [5.41, 5.74) is 0.107. The van der Waals surface area contributed by atoms with Crippen LogP contribution in [0.2, 0.25) is 0 Å². The first kappa shape index (κ1) is 15.1. The molecule has 0 aromatic heterocycles. The second-order valence-corrected chi connectivity index (χ2v) is 4.89. The molecule has 104 valence electrons. The smallest absolute Gasteiger partial charge is 0.293 e. The van der Waals surface area contributed by atoms with Gasteiger partial charge in [0.25, 0.3) is 5.69 Å². The van der Waals surface area contributed by atoms with Gasteiger partial charge >= 0.3 is 0 Å². The Morgan fingerprint density at radius 3 is 2.58 bits per heavy atom. The predicted octanol–water partition coefficient (Wildman–Crippen LogP) is 2.23. The molecule has 6 nitrogen and oxygen atoms in total. The van der Waals surface area contributed by atoms with E-state index in [2.05, 4.69) is 10.6 Å². The zero-order valence-electron chi connectivity index (χ0n) is 11.6. The predicted molar refractivity (Wildman–Crippen MR) is 74.2 cm³/mol. The number of hydrogen-bond acceptors (Lipinski definition) is 4. The zero-order chi connectivity index (χ0) is 14.6. The molecule has 0 aliphatic carbocycles. The second kappa shape index (κ2) is 5.79. The Labute approximate surface area is 112 Å². The van der Waals surface area contributed by atoms with E-state index < -0.39 is 10.5 Å². The summed E-state index contributed by atoms with van der Waals surface area (Å²) < 4.78 is 0. The van der Waals surface area contributed by atoms with Crippen LogP contribution in [0.1, 0.15) is 26.3 Å². The van der Waals surface area contributed by atoms with Crippen LogP contribution < -0.4 is 10.6 Å². The Kier molecular flexibility index (Phi) is 4.61. The normalized spacial score (nSPS) is 11.2. The molecule has 0 saturated heterocycles. The maximum atomic E-state index is 12.1. The van der Waals surface area contributed by atoms with Gasteiger partial charge in [0.1, 0.15) is 5.69 Å². The van der Waals surface area contributed by atoms with Gasteiger partial charge in [-0.1, -0.05) is 13.0 Å². The minimum Gasteiger partial charge on any atom is -0.319 e. The molecule has 1 aromatic rings. The molecule has 0 saturated carbocycles. The molecule has 0 unspecified atom stereocenters. The third-order valence-corrected chi connectivity index (χ3v) is 2.78. The summed E-state index contributed by atoms with van der Waals surface area (Å²) >= 11 is 0. The molecule has 0 aliphatic rings. The average molecular weight is 265 g/mol. The Bertz CT molecular complexity index is 498. The molecule has 1 aromatic carbocycles. The van der Waals surface area contributed by atoms with Crippen LogP contribution in [0, 0.1) is 17.0 Å². The first-order valence-electron chi connectivity index (χ1n) is 6.09. The summed E-state index contributed by atoms with van der Waals surface area (Å²) in [5.74, 6) is -0.304. The fourth-order valence-electron chi connectivity index (χ4n) is 1.70. The van der Waals surface area contributed by atoms with Gasteiger partial charge in [-0.15, -0.1) is 0 Å². The van der Waals surface area contributed by atoms with Crippen LogP contribution in [0.15, 0.2) is 18.2 Å². The van der Waals surface area contributed by atoms with Gasteiger partial charge in [0.15, 0.2) is 0 Å². The van der Waals surface area contributed by atoms with E-state index in [1.807, 2.05) is 6.92 Å². The number of anilines is 1. The highest BCUT2D eigenvalue weighted by Gasteiger charge is 2.28. The number of carbonyl (C=O) groups excluding carboxylic acids is 1. The van der Waals surface area contributed by atoms with Crippen molar-refractivity contribution in [2.75, 3.05) is 11.9 Å². The summed E-state index contributed by atoms with van der Waals surface area (Å²) in [6.07, 6.45) is 0. The van der Waals surface area contributed by atoms with Gasteiger partial charge in [-0.3, -0.25) is 14.9 Å². The average Bonchev–Trinajstić information content (AvgIpc) is 2.30. The van der Waals surface area contributed by atoms with E-state index >= 15 is 0 Å². The number of nitrogens with one attached hydrogen (secondary N) is 2. The van der Waals surface area contributed by atoms with E-state index in [0.717, 1.165) is 5.56 Å². The molecule has 0 bridgehead atoms. The van der Waals surface area contributed by atoms with Crippen molar-refractivity contribution in [3.8, 4) is 0 Å². The van der Waals surface area contributed by atoms with Crippen molar-refractivity contribution in [1.29, 1.82) is 0 Å². The number of nitro groups is 1. The number of likely N-dealkylation sites (N-methyl/N-ethyl adjacent to an activating group) is 1. The number of hydrogen-bond donors (Lipinski definition) is 2. The summed E-state index contributed by atoms with van der Waals surface area (Å²) in [5, 5.41) is 16.6. The largest absolute Gasteiger partial charge is 0.319 e. The third-order valence-electron chi connectivity index (χ3n) is 2.78. The SMILES string of the molecule is CCNC(C)(C)C(=O)Nc1ccc(C)cc1[N+](=O)[O-].